The van der Waals surface area contributed by atoms with Crippen molar-refractivity contribution in [1.82, 2.24) is 9.97 Å². The van der Waals surface area contributed by atoms with Gasteiger partial charge in [0.2, 0.25) is 0 Å². The van der Waals surface area contributed by atoms with Crippen molar-refractivity contribution < 1.29 is 19.8 Å². The largest absolute Gasteiger partial charge is 0.477 e. The lowest BCUT2D eigenvalue weighted by molar-refractivity contribution is 0.0681. The fourth-order valence-corrected chi connectivity index (χ4v) is 1.24. The van der Waals surface area contributed by atoms with Crippen LogP contribution >= 0.6 is 0 Å². The molecule has 0 atom stereocenters. The summed E-state index contributed by atoms with van der Waals surface area (Å²) in [5.74, 6) is -2.25. The van der Waals surface area contributed by atoms with E-state index in [0.717, 1.165) is 0 Å². The molecule has 0 radical (unpaired) electrons. The average molecular weight is 206 g/mol. The third kappa shape index (κ3) is 1.52. The first-order valence-electron chi connectivity index (χ1n) is 4.04. The molecule has 2 aromatic rings. The molecule has 0 fully saturated rings. The normalized spacial score (nSPS) is 10.4. The Morgan fingerprint density at radius 1 is 1.20 bits per heavy atom. The molecule has 0 unspecified atom stereocenters. The van der Waals surface area contributed by atoms with E-state index in [0.29, 0.717) is 11.0 Å². The van der Waals surface area contributed by atoms with E-state index in [2.05, 4.69) is 9.97 Å². The minimum Gasteiger partial charge on any atom is -0.477 e. The van der Waals surface area contributed by atoms with Gasteiger partial charge in [-0.3, -0.25) is 0 Å². The van der Waals surface area contributed by atoms with Gasteiger partial charge >= 0.3 is 11.9 Å². The van der Waals surface area contributed by atoms with E-state index in [-0.39, 0.29) is 11.4 Å². The molecule has 0 spiro atoms. The molecule has 6 heteroatoms. The zero-order valence-electron chi connectivity index (χ0n) is 7.39. The molecule has 0 amide bonds. The zero-order valence-corrected chi connectivity index (χ0v) is 7.39. The first kappa shape index (κ1) is 9.20. The number of nitrogens with one attached hydrogen (secondary N) is 1. The van der Waals surface area contributed by atoms with Crippen LogP contribution in [0.5, 0.6) is 0 Å². The van der Waals surface area contributed by atoms with Crippen LogP contribution in [-0.2, 0) is 0 Å². The molecular formula is C9H6N2O4. The van der Waals surface area contributed by atoms with Crippen LogP contribution in [0.3, 0.4) is 0 Å². The number of nitrogens with zero attached hydrogens (tertiary/aromatic N) is 1. The molecule has 0 bridgehead atoms. The molecule has 0 aliphatic carbocycles. The van der Waals surface area contributed by atoms with Crippen LogP contribution in [0.1, 0.15) is 21.0 Å². The van der Waals surface area contributed by atoms with Crippen molar-refractivity contribution in [2.45, 2.75) is 0 Å². The van der Waals surface area contributed by atoms with Gasteiger partial charge in [-0.05, 0) is 18.2 Å². The Labute approximate surface area is 83.2 Å². The molecule has 0 saturated carbocycles. The van der Waals surface area contributed by atoms with Gasteiger partial charge in [-0.25, -0.2) is 14.6 Å². The lowest BCUT2D eigenvalue weighted by Gasteiger charge is -1.92. The molecule has 76 valence electrons. The van der Waals surface area contributed by atoms with Crippen LogP contribution in [-0.4, -0.2) is 32.1 Å². The molecule has 6 nitrogen and oxygen atoms in total. The Bertz CT molecular complexity index is 546. The number of fused-ring (bicyclic) bond motifs is 1. The van der Waals surface area contributed by atoms with Crippen molar-refractivity contribution in [3.05, 3.63) is 29.6 Å². The Morgan fingerprint density at radius 3 is 2.53 bits per heavy atom. The number of carboxylic acid groups (broad SMARTS) is 2. The fraction of sp³-hybridized carbons (Fsp3) is 0. The standard InChI is InChI=1S/C9H6N2O4/c12-8(13)5-2-1-4-6(11-5)3-7(10-4)9(14)15/h1-3,10H,(H,12,13)(H,14,15). The van der Waals surface area contributed by atoms with Crippen LogP contribution in [0, 0.1) is 0 Å². The first-order chi connectivity index (χ1) is 7.08. The van der Waals surface area contributed by atoms with Gasteiger partial charge < -0.3 is 15.2 Å². The Hall–Kier alpha value is -2.37. The topological polar surface area (TPSA) is 103 Å². The molecular weight excluding hydrogens is 200 g/mol. The number of pyridine rings is 1. The molecule has 0 aromatic carbocycles. The number of aromatic amines is 1. The highest BCUT2D eigenvalue weighted by Gasteiger charge is 2.10. The van der Waals surface area contributed by atoms with Gasteiger partial charge in [0.25, 0.3) is 0 Å². The quantitative estimate of drug-likeness (QED) is 0.678. The third-order valence-corrected chi connectivity index (χ3v) is 1.92. The highest BCUT2D eigenvalue weighted by atomic mass is 16.4. The first-order valence-corrected chi connectivity index (χ1v) is 4.04. The van der Waals surface area contributed by atoms with Crippen molar-refractivity contribution in [2.24, 2.45) is 0 Å². The Morgan fingerprint density at radius 2 is 1.93 bits per heavy atom. The van der Waals surface area contributed by atoms with E-state index in [1.54, 1.807) is 0 Å². The van der Waals surface area contributed by atoms with Crippen molar-refractivity contribution >= 4 is 23.0 Å². The van der Waals surface area contributed by atoms with Gasteiger partial charge in [-0.2, -0.15) is 0 Å². The molecule has 15 heavy (non-hydrogen) atoms. The van der Waals surface area contributed by atoms with E-state index in [1.807, 2.05) is 0 Å². The lowest BCUT2D eigenvalue weighted by Crippen LogP contribution is -1.98. The number of hydrogen-bond donors (Lipinski definition) is 3. The van der Waals surface area contributed by atoms with E-state index in [1.165, 1.54) is 18.2 Å². The summed E-state index contributed by atoms with van der Waals surface area (Å²) >= 11 is 0. The van der Waals surface area contributed by atoms with Gasteiger partial charge in [0, 0.05) is 0 Å². The maximum Gasteiger partial charge on any atom is 0.354 e. The number of H-pyrrole nitrogens is 1. The summed E-state index contributed by atoms with van der Waals surface area (Å²) in [7, 11) is 0. The van der Waals surface area contributed by atoms with Gasteiger partial charge in [0.15, 0.2) is 0 Å². The average Bonchev–Trinajstić information content (AvgIpc) is 2.59. The molecule has 2 aromatic heterocycles. The second kappa shape index (κ2) is 3.09. The van der Waals surface area contributed by atoms with Crippen molar-refractivity contribution in [1.29, 1.82) is 0 Å². The van der Waals surface area contributed by atoms with Crippen LogP contribution in [0.15, 0.2) is 18.2 Å². The molecule has 2 heterocycles. The Balaban J connectivity index is 2.62. The minimum atomic E-state index is -1.14. The number of aromatic nitrogens is 2. The van der Waals surface area contributed by atoms with Crippen molar-refractivity contribution in [3.63, 3.8) is 0 Å². The second-order valence-electron chi connectivity index (χ2n) is 2.92. The summed E-state index contributed by atoms with van der Waals surface area (Å²) in [4.78, 5) is 27.6. The predicted octanol–water partition coefficient (Wildman–Crippen LogP) is 0.959. The smallest absolute Gasteiger partial charge is 0.354 e. The van der Waals surface area contributed by atoms with Crippen LogP contribution in [0.25, 0.3) is 11.0 Å². The van der Waals surface area contributed by atoms with E-state index in [4.69, 9.17) is 10.2 Å². The maximum absolute atomic E-state index is 10.6. The highest BCUT2D eigenvalue weighted by molar-refractivity contribution is 5.94. The lowest BCUT2D eigenvalue weighted by atomic mass is 10.3. The molecule has 2 rings (SSSR count). The van der Waals surface area contributed by atoms with Crippen LogP contribution in [0.2, 0.25) is 0 Å². The zero-order chi connectivity index (χ0) is 11.0. The second-order valence-corrected chi connectivity index (χ2v) is 2.92. The number of aromatic carboxylic acids is 2. The SMILES string of the molecule is O=C(O)c1ccc2[nH]c(C(=O)O)cc2n1. The van der Waals surface area contributed by atoms with Crippen molar-refractivity contribution in [2.75, 3.05) is 0 Å². The van der Waals surface area contributed by atoms with Gasteiger partial charge in [0.1, 0.15) is 11.4 Å². The third-order valence-electron chi connectivity index (χ3n) is 1.92. The van der Waals surface area contributed by atoms with Crippen LogP contribution < -0.4 is 0 Å². The summed E-state index contributed by atoms with van der Waals surface area (Å²) < 4.78 is 0. The number of hydrogen-bond acceptors (Lipinski definition) is 3. The van der Waals surface area contributed by atoms with Crippen molar-refractivity contribution in [3.8, 4) is 0 Å². The summed E-state index contributed by atoms with van der Waals surface area (Å²) in [5, 5.41) is 17.4. The predicted molar refractivity (Wildman–Crippen MR) is 50.0 cm³/mol. The van der Waals surface area contributed by atoms with Gasteiger partial charge in [-0.15, -0.1) is 0 Å². The van der Waals surface area contributed by atoms with E-state index < -0.39 is 11.9 Å². The van der Waals surface area contributed by atoms with E-state index in [9.17, 15) is 9.59 Å². The summed E-state index contributed by atoms with van der Waals surface area (Å²) in [5.41, 5.74) is 0.697. The molecule has 0 saturated heterocycles. The fourth-order valence-electron chi connectivity index (χ4n) is 1.24. The molecule has 0 aliphatic heterocycles. The highest BCUT2D eigenvalue weighted by Crippen LogP contribution is 2.13. The monoisotopic (exact) mass is 206 g/mol. The number of carbonyl (C=O) groups is 2. The van der Waals surface area contributed by atoms with Gasteiger partial charge in [-0.1, -0.05) is 0 Å². The van der Waals surface area contributed by atoms with E-state index >= 15 is 0 Å². The summed E-state index contributed by atoms with van der Waals surface area (Å²) in [6.07, 6.45) is 0. The maximum atomic E-state index is 10.6. The van der Waals surface area contributed by atoms with Crippen LogP contribution in [0.4, 0.5) is 0 Å². The number of rotatable bonds is 2. The summed E-state index contributed by atoms with van der Waals surface area (Å²) in [6.45, 7) is 0. The molecule has 3 N–H and O–H groups in total. The van der Waals surface area contributed by atoms with Gasteiger partial charge in [0.05, 0.1) is 11.0 Å². The minimum absolute atomic E-state index is 0.0139. The Kier molecular flexibility index (Phi) is 1.89. The molecule has 0 aliphatic rings. The summed E-state index contributed by atoms with van der Waals surface area (Å²) in [6, 6.07) is 4.09. The number of carboxylic acids is 2.